The van der Waals surface area contributed by atoms with Crippen LogP contribution in [-0.2, 0) is 6.42 Å². The van der Waals surface area contributed by atoms with Crippen LogP contribution in [0.3, 0.4) is 0 Å². The molecule has 1 unspecified atom stereocenters. The van der Waals surface area contributed by atoms with Crippen LogP contribution < -0.4 is 10.7 Å². The number of hydrogen-bond acceptors (Lipinski definition) is 4. The highest BCUT2D eigenvalue weighted by molar-refractivity contribution is 6.30. The van der Waals surface area contributed by atoms with Gasteiger partial charge in [-0.1, -0.05) is 11.6 Å². The number of nitrogens with one attached hydrogen (secondary N) is 1. The first-order valence-electron chi connectivity index (χ1n) is 8.64. The lowest BCUT2D eigenvalue weighted by Crippen LogP contribution is -2.37. The molecule has 2 heterocycles. The first-order valence-corrected chi connectivity index (χ1v) is 9.02. The summed E-state index contributed by atoms with van der Waals surface area (Å²) in [5.74, 6) is 0.365. The molecule has 7 heteroatoms. The Morgan fingerprint density at radius 2 is 2.04 bits per heavy atom. The molecule has 3 aromatic rings. The first kappa shape index (κ1) is 18.9. The molecule has 0 saturated heterocycles. The van der Waals surface area contributed by atoms with E-state index in [-0.39, 0.29) is 11.7 Å². The summed E-state index contributed by atoms with van der Waals surface area (Å²) in [5.41, 5.74) is 0.801. The van der Waals surface area contributed by atoms with Crippen molar-refractivity contribution in [2.45, 2.75) is 32.7 Å². The van der Waals surface area contributed by atoms with Crippen molar-refractivity contribution in [3.63, 3.8) is 0 Å². The number of benzene rings is 1. The molecule has 140 valence electrons. The summed E-state index contributed by atoms with van der Waals surface area (Å²) in [5, 5.41) is 7.69. The minimum Gasteiger partial charge on any atom is -0.469 e. The van der Waals surface area contributed by atoms with E-state index in [1.54, 1.807) is 42.1 Å². The Morgan fingerprint density at radius 3 is 2.70 bits per heavy atom. The van der Waals surface area contributed by atoms with Crippen LogP contribution in [0.15, 0.2) is 57.9 Å². The highest BCUT2D eigenvalue weighted by Crippen LogP contribution is 2.14. The molecule has 3 rings (SSSR count). The fraction of sp³-hybridized carbons (Fsp3) is 0.250. The third kappa shape index (κ3) is 4.65. The SMILES string of the molecule is Cc1cc(=O)c(C(=O)NC(C)CCc2ccco2)nn1-c1ccc(Cl)cc1. The van der Waals surface area contributed by atoms with Crippen molar-refractivity contribution in [1.82, 2.24) is 15.1 Å². The molecule has 0 aliphatic carbocycles. The molecule has 0 fully saturated rings. The molecule has 1 aromatic carbocycles. The third-order valence-electron chi connectivity index (χ3n) is 4.18. The van der Waals surface area contributed by atoms with E-state index >= 15 is 0 Å². The Hall–Kier alpha value is -2.86. The summed E-state index contributed by atoms with van der Waals surface area (Å²) in [6.45, 7) is 3.64. The second-order valence-electron chi connectivity index (χ2n) is 6.38. The number of carbonyl (C=O) groups is 1. The zero-order valence-corrected chi connectivity index (χ0v) is 15.9. The maximum atomic E-state index is 12.6. The number of nitrogens with zero attached hydrogens (tertiary/aromatic N) is 2. The lowest BCUT2D eigenvalue weighted by Gasteiger charge is -2.14. The van der Waals surface area contributed by atoms with Crippen molar-refractivity contribution in [1.29, 1.82) is 0 Å². The summed E-state index contributed by atoms with van der Waals surface area (Å²) >= 11 is 5.92. The number of carbonyl (C=O) groups excluding carboxylic acids is 1. The summed E-state index contributed by atoms with van der Waals surface area (Å²) < 4.78 is 6.85. The van der Waals surface area contributed by atoms with Gasteiger partial charge in [-0.2, -0.15) is 5.10 Å². The van der Waals surface area contributed by atoms with Gasteiger partial charge >= 0.3 is 0 Å². The maximum Gasteiger partial charge on any atom is 0.276 e. The number of aryl methyl sites for hydroxylation is 2. The van der Waals surface area contributed by atoms with Gasteiger partial charge in [0.2, 0.25) is 5.43 Å². The van der Waals surface area contributed by atoms with Crippen LogP contribution >= 0.6 is 11.6 Å². The molecule has 0 saturated carbocycles. The van der Waals surface area contributed by atoms with E-state index in [1.807, 2.05) is 19.1 Å². The first-order chi connectivity index (χ1) is 12.9. The number of aromatic nitrogens is 2. The Morgan fingerprint density at radius 1 is 1.30 bits per heavy atom. The number of amides is 1. The monoisotopic (exact) mass is 385 g/mol. The normalized spacial score (nSPS) is 12.0. The van der Waals surface area contributed by atoms with E-state index in [1.165, 1.54) is 6.07 Å². The highest BCUT2D eigenvalue weighted by Gasteiger charge is 2.17. The van der Waals surface area contributed by atoms with E-state index in [2.05, 4.69) is 10.4 Å². The lowest BCUT2D eigenvalue weighted by atomic mass is 10.1. The molecule has 0 radical (unpaired) electrons. The van der Waals surface area contributed by atoms with Gasteiger partial charge in [-0.05, 0) is 56.7 Å². The lowest BCUT2D eigenvalue weighted by molar-refractivity contribution is 0.0930. The zero-order valence-electron chi connectivity index (χ0n) is 15.1. The highest BCUT2D eigenvalue weighted by atomic mass is 35.5. The summed E-state index contributed by atoms with van der Waals surface area (Å²) in [7, 11) is 0. The van der Waals surface area contributed by atoms with Crippen LogP contribution in [0.2, 0.25) is 5.02 Å². The largest absolute Gasteiger partial charge is 0.469 e. The Labute approximate surface area is 161 Å². The van der Waals surface area contributed by atoms with Crippen LogP contribution in [0.5, 0.6) is 0 Å². The molecule has 0 aliphatic rings. The summed E-state index contributed by atoms with van der Waals surface area (Å²) in [6, 6.07) is 12.0. The standard InChI is InChI=1S/C20H20ClN3O3/c1-13(5-10-17-4-3-11-27-17)22-20(26)19-18(25)12-14(2)24(23-19)16-8-6-15(21)7-9-16/h3-4,6-9,11-13H,5,10H2,1-2H3,(H,22,26). The predicted octanol–water partition coefficient (Wildman–Crippen LogP) is 3.54. The van der Waals surface area contributed by atoms with Gasteiger partial charge < -0.3 is 9.73 Å². The predicted molar refractivity (Wildman–Crippen MR) is 104 cm³/mol. The van der Waals surface area contributed by atoms with Crippen molar-refractivity contribution in [3.8, 4) is 5.69 Å². The van der Waals surface area contributed by atoms with E-state index < -0.39 is 11.3 Å². The van der Waals surface area contributed by atoms with Crippen LogP contribution in [-0.4, -0.2) is 21.7 Å². The molecule has 0 bridgehead atoms. The van der Waals surface area contributed by atoms with Crippen LogP contribution in [0.4, 0.5) is 0 Å². The summed E-state index contributed by atoms with van der Waals surface area (Å²) in [6.07, 6.45) is 3.01. The topological polar surface area (TPSA) is 77.1 Å². The fourth-order valence-corrected chi connectivity index (χ4v) is 2.85. The second-order valence-corrected chi connectivity index (χ2v) is 6.82. The molecule has 0 spiro atoms. The Bertz CT molecular complexity index is 979. The van der Waals surface area contributed by atoms with E-state index in [0.29, 0.717) is 23.6 Å². The van der Waals surface area contributed by atoms with Gasteiger partial charge in [0, 0.05) is 29.2 Å². The molecule has 27 heavy (non-hydrogen) atoms. The Kier molecular flexibility index (Phi) is 5.76. The van der Waals surface area contributed by atoms with Crippen LogP contribution in [0.1, 0.15) is 35.3 Å². The molecule has 6 nitrogen and oxygen atoms in total. The number of rotatable bonds is 6. The van der Waals surface area contributed by atoms with Crippen LogP contribution in [0, 0.1) is 6.92 Å². The van der Waals surface area contributed by atoms with Crippen molar-refractivity contribution in [3.05, 3.63) is 81.1 Å². The van der Waals surface area contributed by atoms with E-state index in [9.17, 15) is 9.59 Å². The van der Waals surface area contributed by atoms with Crippen molar-refractivity contribution in [2.24, 2.45) is 0 Å². The average Bonchev–Trinajstić information content (AvgIpc) is 3.14. The Balaban J connectivity index is 1.76. The minimum atomic E-state index is -0.491. The van der Waals surface area contributed by atoms with Gasteiger partial charge in [0.1, 0.15) is 5.76 Å². The molecule has 2 aromatic heterocycles. The van der Waals surface area contributed by atoms with Gasteiger partial charge in [0.25, 0.3) is 5.91 Å². The molecule has 1 N–H and O–H groups in total. The minimum absolute atomic E-state index is 0.130. The van der Waals surface area contributed by atoms with Crippen molar-refractivity contribution < 1.29 is 9.21 Å². The van der Waals surface area contributed by atoms with E-state index in [4.69, 9.17) is 16.0 Å². The molecular formula is C20H20ClN3O3. The van der Waals surface area contributed by atoms with Crippen LogP contribution in [0.25, 0.3) is 5.69 Å². The fourth-order valence-electron chi connectivity index (χ4n) is 2.73. The molecule has 0 aliphatic heterocycles. The number of hydrogen-bond donors (Lipinski definition) is 1. The summed E-state index contributed by atoms with van der Waals surface area (Å²) in [4.78, 5) is 24.8. The maximum absolute atomic E-state index is 12.6. The quantitative estimate of drug-likeness (QED) is 0.704. The third-order valence-corrected chi connectivity index (χ3v) is 4.43. The molecular weight excluding hydrogens is 366 g/mol. The average molecular weight is 386 g/mol. The van der Waals surface area contributed by atoms with Gasteiger partial charge in [-0.25, -0.2) is 4.68 Å². The van der Waals surface area contributed by atoms with Crippen molar-refractivity contribution in [2.75, 3.05) is 0 Å². The van der Waals surface area contributed by atoms with Gasteiger partial charge in [-0.15, -0.1) is 0 Å². The number of halogens is 1. The zero-order chi connectivity index (χ0) is 19.4. The van der Waals surface area contributed by atoms with Gasteiger partial charge in [-0.3, -0.25) is 9.59 Å². The smallest absolute Gasteiger partial charge is 0.276 e. The van der Waals surface area contributed by atoms with Gasteiger partial charge in [0.05, 0.1) is 12.0 Å². The molecule has 1 amide bonds. The number of furan rings is 1. The van der Waals surface area contributed by atoms with E-state index in [0.717, 1.165) is 11.4 Å². The van der Waals surface area contributed by atoms with Gasteiger partial charge in [0.15, 0.2) is 5.69 Å². The second kappa shape index (κ2) is 8.22. The van der Waals surface area contributed by atoms with Crippen molar-refractivity contribution >= 4 is 17.5 Å². The molecule has 1 atom stereocenters.